The summed E-state index contributed by atoms with van der Waals surface area (Å²) < 4.78 is 1.93. The summed E-state index contributed by atoms with van der Waals surface area (Å²) in [5, 5.41) is 11.1. The molecule has 1 N–H and O–H groups in total. The van der Waals surface area contributed by atoms with Crippen LogP contribution in [0.15, 0.2) is 6.20 Å². The molecule has 1 aliphatic rings. The summed E-state index contributed by atoms with van der Waals surface area (Å²) >= 11 is 1.69. The second-order valence-electron chi connectivity index (χ2n) is 4.85. The fraction of sp³-hybridized carbons (Fsp3) is 0.750. The van der Waals surface area contributed by atoms with Gasteiger partial charge >= 0.3 is 0 Å². The van der Waals surface area contributed by atoms with E-state index in [-0.39, 0.29) is 11.8 Å². The van der Waals surface area contributed by atoms with Crippen molar-refractivity contribution in [1.82, 2.24) is 20.3 Å². The van der Waals surface area contributed by atoms with Crippen LogP contribution in [0.5, 0.6) is 0 Å². The van der Waals surface area contributed by atoms with Crippen molar-refractivity contribution >= 4 is 17.7 Å². The monoisotopic (exact) mass is 268 g/mol. The maximum Gasteiger partial charge on any atom is 0.223 e. The van der Waals surface area contributed by atoms with E-state index in [2.05, 4.69) is 15.6 Å². The van der Waals surface area contributed by atoms with Crippen LogP contribution >= 0.6 is 11.8 Å². The van der Waals surface area contributed by atoms with E-state index in [0.717, 1.165) is 11.4 Å². The van der Waals surface area contributed by atoms with Gasteiger partial charge in [0.1, 0.15) is 5.69 Å². The Morgan fingerprint density at radius 1 is 1.67 bits per heavy atom. The number of nitrogens with one attached hydrogen (secondary N) is 1. The molecule has 1 unspecified atom stereocenters. The van der Waals surface area contributed by atoms with Crippen LogP contribution in [-0.2, 0) is 11.3 Å². The molecule has 1 heterocycles. The summed E-state index contributed by atoms with van der Waals surface area (Å²) in [6.45, 7) is 2.42. The second-order valence-corrected chi connectivity index (χ2v) is 5.76. The molecule has 1 aromatic rings. The Balaban J connectivity index is 1.79. The van der Waals surface area contributed by atoms with Crippen molar-refractivity contribution in [2.24, 2.45) is 5.92 Å². The van der Waals surface area contributed by atoms with Crippen LogP contribution in [0.3, 0.4) is 0 Å². The predicted octanol–water partition coefficient (Wildman–Crippen LogP) is 1.62. The number of nitrogens with zero attached hydrogens (tertiary/aromatic N) is 3. The molecule has 1 atom stereocenters. The molecule has 100 valence electrons. The van der Waals surface area contributed by atoms with Gasteiger partial charge in [0.15, 0.2) is 0 Å². The summed E-state index contributed by atoms with van der Waals surface area (Å²) in [6.07, 6.45) is 7.62. The highest BCUT2D eigenvalue weighted by Crippen LogP contribution is 2.30. The molecule has 6 heteroatoms. The SMILES string of the molecule is CSCC(C)C(=O)NCc1cn(C2CCC2)nn1. The highest BCUT2D eigenvalue weighted by Gasteiger charge is 2.20. The van der Waals surface area contributed by atoms with Crippen molar-refractivity contribution in [3.05, 3.63) is 11.9 Å². The van der Waals surface area contributed by atoms with Crippen LogP contribution in [0.4, 0.5) is 0 Å². The van der Waals surface area contributed by atoms with Gasteiger partial charge in [-0.25, -0.2) is 4.68 Å². The molecule has 5 nitrogen and oxygen atoms in total. The molecule has 0 aromatic carbocycles. The molecule has 18 heavy (non-hydrogen) atoms. The first-order valence-corrected chi connectivity index (χ1v) is 7.77. The Morgan fingerprint density at radius 2 is 2.44 bits per heavy atom. The van der Waals surface area contributed by atoms with E-state index in [1.54, 1.807) is 11.8 Å². The van der Waals surface area contributed by atoms with Crippen molar-refractivity contribution in [2.45, 2.75) is 38.8 Å². The fourth-order valence-corrected chi connectivity index (χ4v) is 2.55. The van der Waals surface area contributed by atoms with Crippen molar-refractivity contribution in [3.63, 3.8) is 0 Å². The number of hydrogen-bond donors (Lipinski definition) is 1. The van der Waals surface area contributed by atoms with Gasteiger partial charge in [0, 0.05) is 11.7 Å². The topological polar surface area (TPSA) is 59.8 Å². The second kappa shape index (κ2) is 6.22. The lowest BCUT2D eigenvalue weighted by molar-refractivity contribution is -0.124. The molecule has 1 amide bonds. The zero-order chi connectivity index (χ0) is 13.0. The normalized spacial score (nSPS) is 17.2. The van der Waals surface area contributed by atoms with E-state index in [4.69, 9.17) is 0 Å². The number of carbonyl (C=O) groups is 1. The number of thioether (sulfide) groups is 1. The lowest BCUT2D eigenvalue weighted by atomic mass is 9.93. The summed E-state index contributed by atoms with van der Waals surface area (Å²) in [7, 11) is 0. The van der Waals surface area contributed by atoms with Crippen molar-refractivity contribution in [3.8, 4) is 0 Å². The first-order valence-electron chi connectivity index (χ1n) is 6.38. The van der Waals surface area contributed by atoms with Crippen LogP contribution < -0.4 is 5.32 Å². The van der Waals surface area contributed by atoms with E-state index in [9.17, 15) is 4.79 Å². The van der Waals surface area contributed by atoms with E-state index in [0.29, 0.717) is 12.6 Å². The largest absolute Gasteiger partial charge is 0.350 e. The number of carbonyl (C=O) groups excluding carboxylic acids is 1. The van der Waals surface area contributed by atoms with Crippen LogP contribution in [0.25, 0.3) is 0 Å². The van der Waals surface area contributed by atoms with Gasteiger partial charge in [0.25, 0.3) is 0 Å². The number of rotatable bonds is 6. The summed E-state index contributed by atoms with van der Waals surface area (Å²) in [4.78, 5) is 11.7. The lowest BCUT2D eigenvalue weighted by Crippen LogP contribution is -2.30. The van der Waals surface area contributed by atoms with Gasteiger partial charge in [-0.3, -0.25) is 4.79 Å². The number of amides is 1. The average Bonchev–Trinajstić information content (AvgIpc) is 2.72. The Hall–Kier alpha value is -1.04. The quantitative estimate of drug-likeness (QED) is 0.851. The third-order valence-corrected chi connectivity index (χ3v) is 4.15. The lowest BCUT2D eigenvalue weighted by Gasteiger charge is -2.24. The molecule has 0 bridgehead atoms. The maximum absolute atomic E-state index is 11.7. The minimum Gasteiger partial charge on any atom is -0.350 e. The first kappa shape index (κ1) is 13.4. The fourth-order valence-electron chi connectivity index (χ4n) is 1.90. The molecular formula is C12H20N4OS. The Kier molecular flexibility index (Phi) is 4.63. The molecule has 0 aliphatic heterocycles. The average molecular weight is 268 g/mol. The third-order valence-electron chi connectivity index (χ3n) is 3.31. The van der Waals surface area contributed by atoms with Crippen LogP contribution in [-0.4, -0.2) is 32.9 Å². The van der Waals surface area contributed by atoms with Gasteiger partial charge in [-0.1, -0.05) is 12.1 Å². The summed E-state index contributed by atoms with van der Waals surface area (Å²) in [5.41, 5.74) is 0.839. The van der Waals surface area contributed by atoms with Gasteiger partial charge in [-0.2, -0.15) is 11.8 Å². The van der Waals surface area contributed by atoms with Gasteiger partial charge in [0.05, 0.1) is 18.8 Å². The molecule has 0 saturated heterocycles. The molecular weight excluding hydrogens is 248 g/mol. The van der Waals surface area contributed by atoms with E-state index in [1.165, 1.54) is 19.3 Å². The molecule has 1 saturated carbocycles. The molecule has 2 rings (SSSR count). The minimum atomic E-state index is 0.0432. The summed E-state index contributed by atoms with van der Waals surface area (Å²) in [6, 6.07) is 0.525. The smallest absolute Gasteiger partial charge is 0.223 e. The number of aromatic nitrogens is 3. The van der Waals surface area contributed by atoms with Gasteiger partial charge in [0.2, 0.25) is 5.91 Å². The third kappa shape index (κ3) is 3.25. The Bertz CT molecular complexity index is 403. The standard InChI is InChI=1S/C12H20N4OS/c1-9(8-18-2)12(17)13-6-10-7-16(15-14-10)11-4-3-5-11/h7,9,11H,3-6,8H2,1-2H3,(H,13,17). The van der Waals surface area contributed by atoms with Crippen molar-refractivity contribution in [1.29, 1.82) is 0 Å². The molecule has 1 fully saturated rings. The predicted molar refractivity (Wildman–Crippen MR) is 72.3 cm³/mol. The first-order chi connectivity index (χ1) is 8.70. The molecule has 0 radical (unpaired) electrons. The van der Waals surface area contributed by atoms with Crippen molar-refractivity contribution < 1.29 is 4.79 Å². The Labute approximate surface area is 112 Å². The maximum atomic E-state index is 11.7. The highest BCUT2D eigenvalue weighted by atomic mass is 32.2. The van der Waals surface area contributed by atoms with Crippen LogP contribution in [0.1, 0.15) is 37.9 Å². The van der Waals surface area contributed by atoms with Gasteiger partial charge in [-0.05, 0) is 25.5 Å². The Morgan fingerprint density at radius 3 is 3.06 bits per heavy atom. The van der Waals surface area contributed by atoms with Crippen LogP contribution in [0.2, 0.25) is 0 Å². The van der Waals surface area contributed by atoms with E-state index < -0.39 is 0 Å². The molecule has 1 aliphatic carbocycles. The zero-order valence-electron chi connectivity index (χ0n) is 10.9. The van der Waals surface area contributed by atoms with Gasteiger partial charge in [-0.15, -0.1) is 5.10 Å². The molecule has 1 aromatic heterocycles. The number of hydrogen-bond acceptors (Lipinski definition) is 4. The highest BCUT2D eigenvalue weighted by molar-refractivity contribution is 7.98. The summed E-state index contributed by atoms with van der Waals surface area (Å²) in [5.74, 6) is 0.977. The van der Waals surface area contributed by atoms with Gasteiger partial charge < -0.3 is 5.32 Å². The van der Waals surface area contributed by atoms with Crippen molar-refractivity contribution in [2.75, 3.05) is 12.0 Å². The zero-order valence-corrected chi connectivity index (χ0v) is 11.7. The minimum absolute atomic E-state index is 0.0432. The van der Waals surface area contributed by atoms with E-state index >= 15 is 0 Å². The van der Waals surface area contributed by atoms with E-state index in [1.807, 2.05) is 24.1 Å². The molecule has 0 spiro atoms. The van der Waals surface area contributed by atoms with Crippen LogP contribution in [0, 0.1) is 5.92 Å².